The summed E-state index contributed by atoms with van der Waals surface area (Å²) in [5.41, 5.74) is 2.38. The van der Waals surface area contributed by atoms with E-state index >= 15 is 0 Å². The van der Waals surface area contributed by atoms with Gasteiger partial charge in [-0.15, -0.1) is 0 Å². The van der Waals surface area contributed by atoms with Crippen molar-refractivity contribution in [2.24, 2.45) is 5.92 Å². The summed E-state index contributed by atoms with van der Waals surface area (Å²) in [6, 6.07) is 6.11. The predicted octanol–water partition coefficient (Wildman–Crippen LogP) is 3.79. The van der Waals surface area contributed by atoms with Crippen molar-refractivity contribution < 1.29 is 9.18 Å². The van der Waals surface area contributed by atoms with Crippen molar-refractivity contribution >= 4 is 36.2 Å². The van der Waals surface area contributed by atoms with Gasteiger partial charge in [0.1, 0.15) is 5.82 Å². The van der Waals surface area contributed by atoms with E-state index in [1.54, 1.807) is 24.4 Å². The predicted molar refractivity (Wildman–Crippen MR) is 104 cm³/mol. The monoisotopic (exact) mass is 389 g/mol. The highest BCUT2D eigenvalue weighted by Gasteiger charge is 2.40. The minimum Gasteiger partial charge on any atom is -0.297 e. The number of hydrogen-bond acceptors (Lipinski definition) is 6. The summed E-state index contributed by atoms with van der Waals surface area (Å²) in [6.07, 6.45) is 6.36. The molecule has 0 bridgehead atoms. The number of carbonyl (C=O) groups is 1. The number of aromatic nitrogens is 2. The number of thiol groups is 1. The van der Waals surface area contributed by atoms with Crippen LogP contribution in [0.25, 0.3) is 6.08 Å². The van der Waals surface area contributed by atoms with E-state index < -0.39 is 6.04 Å². The second-order valence-electron chi connectivity index (χ2n) is 6.93. The van der Waals surface area contributed by atoms with Crippen LogP contribution in [-0.2, 0) is 4.79 Å². The van der Waals surface area contributed by atoms with Crippen molar-refractivity contribution in [1.29, 1.82) is 0 Å². The Kier molecular flexibility index (Phi) is 5.20. The van der Waals surface area contributed by atoms with Gasteiger partial charge in [-0.25, -0.2) is 4.39 Å². The molecule has 0 amide bonds. The molecule has 1 aliphatic heterocycles. The maximum Gasteiger partial charge on any atom is 0.157 e. The fourth-order valence-electron chi connectivity index (χ4n) is 3.50. The molecule has 1 aliphatic carbocycles. The highest BCUT2D eigenvalue weighted by molar-refractivity contribution is 7.81. The van der Waals surface area contributed by atoms with Gasteiger partial charge in [0.05, 0.1) is 29.7 Å². The summed E-state index contributed by atoms with van der Waals surface area (Å²) in [4.78, 5) is 15.1. The first-order valence-electron chi connectivity index (χ1n) is 8.82. The van der Waals surface area contributed by atoms with Crippen LogP contribution in [0.5, 0.6) is 0 Å². The molecule has 2 aliphatic rings. The first kappa shape index (κ1) is 17.8. The first-order chi connectivity index (χ1) is 12.6. The van der Waals surface area contributed by atoms with Crippen LogP contribution in [0.3, 0.4) is 0 Å². The van der Waals surface area contributed by atoms with Gasteiger partial charge in [0.15, 0.2) is 5.78 Å². The second-order valence-corrected chi connectivity index (χ2v) is 8.11. The largest absolute Gasteiger partial charge is 0.297 e. The van der Waals surface area contributed by atoms with Crippen molar-refractivity contribution in [3.8, 4) is 0 Å². The van der Waals surface area contributed by atoms with Crippen molar-refractivity contribution in [2.45, 2.75) is 30.6 Å². The van der Waals surface area contributed by atoms with Crippen molar-refractivity contribution in [3.63, 3.8) is 0 Å². The number of likely N-dealkylation sites (tertiary alicyclic amines) is 1. The van der Waals surface area contributed by atoms with Crippen LogP contribution in [0.2, 0.25) is 0 Å². The van der Waals surface area contributed by atoms with Crippen molar-refractivity contribution in [1.82, 2.24) is 13.6 Å². The van der Waals surface area contributed by atoms with E-state index in [4.69, 9.17) is 12.6 Å². The Morgan fingerprint density at radius 1 is 1.35 bits per heavy atom. The summed E-state index contributed by atoms with van der Waals surface area (Å²) in [5, 5.41) is 0.116. The number of benzene rings is 1. The Morgan fingerprint density at radius 2 is 2.15 bits per heavy atom. The molecule has 0 spiro atoms. The molecule has 2 aromatic rings. The third-order valence-electron chi connectivity index (χ3n) is 5.03. The van der Waals surface area contributed by atoms with E-state index in [2.05, 4.69) is 13.6 Å². The number of piperidine rings is 1. The van der Waals surface area contributed by atoms with Gasteiger partial charge < -0.3 is 0 Å². The Labute approximate surface area is 161 Å². The van der Waals surface area contributed by atoms with E-state index in [1.807, 2.05) is 6.08 Å². The lowest BCUT2D eigenvalue weighted by molar-refractivity contribution is -0.126. The molecule has 2 atom stereocenters. The molecule has 4 nitrogen and oxygen atoms in total. The van der Waals surface area contributed by atoms with Gasteiger partial charge in [0.2, 0.25) is 0 Å². The lowest BCUT2D eigenvalue weighted by Gasteiger charge is -2.37. The molecule has 1 saturated heterocycles. The standard InChI is InChI=1S/C19H20FN3OS2/c20-16-4-2-1-3-15(16)18(19(24)12-5-6-12)23-8-7-17(25)13(11-23)9-14-10-21-26-22-14/h1-4,9-10,12,17-18,25H,5-8,11H2. The molecular weight excluding hydrogens is 369 g/mol. The van der Waals surface area contributed by atoms with Crippen LogP contribution in [0.4, 0.5) is 4.39 Å². The number of ketones is 1. The maximum absolute atomic E-state index is 14.5. The lowest BCUT2D eigenvalue weighted by atomic mass is 9.93. The van der Waals surface area contributed by atoms with E-state index in [9.17, 15) is 9.18 Å². The zero-order valence-corrected chi connectivity index (χ0v) is 15.9. The quantitative estimate of drug-likeness (QED) is 0.791. The van der Waals surface area contributed by atoms with Gasteiger partial charge in [-0.1, -0.05) is 18.2 Å². The Hall–Kier alpha value is -1.57. The minimum atomic E-state index is -0.526. The topological polar surface area (TPSA) is 46.1 Å². The van der Waals surface area contributed by atoms with Gasteiger partial charge >= 0.3 is 0 Å². The molecule has 2 heterocycles. The summed E-state index contributed by atoms with van der Waals surface area (Å²) < 4.78 is 22.8. The van der Waals surface area contributed by atoms with Gasteiger partial charge in [-0.2, -0.15) is 21.4 Å². The average Bonchev–Trinajstić information content (AvgIpc) is 3.37. The normalized spacial score (nSPS) is 23.9. The molecule has 2 fully saturated rings. The first-order valence-corrected chi connectivity index (χ1v) is 10.1. The fraction of sp³-hybridized carbons (Fsp3) is 0.421. The third-order valence-corrected chi connectivity index (χ3v) is 6.11. The Bertz CT molecular complexity index is 820. The Morgan fingerprint density at radius 3 is 2.85 bits per heavy atom. The third kappa shape index (κ3) is 3.75. The van der Waals surface area contributed by atoms with Crippen LogP contribution in [0, 0.1) is 11.7 Å². The molecule has 136 valence electrons. The number of hydrogen-bond donors (Lipinski definition) is 1. The molecule has 0 radical (unpaired) electrons. The van der Waals surface area contributed by atoms with Crippen LogP contribution in [0.1, 0.15) is 36.6 Å². The van der Waals surface area contributed by atoms with Crippen LogP contribution < -0.4 is 0 Å². The molecule has 26 heavy (non-hydrogen) atoms. The number of halogens is 1. The fourth-order valence-corrected chi connectivity index (χ4v) is 4.17. The highest BCUT2D eigenvalue weighted by atomic mass is 32.1. The summed E-state index contributed by atoms with van der Waals surface area (Å²) >= 11 is 5.86. The number of Topliss-reactive ketones (excluding diaryl/α,β-unsaturated/α-hetero) is 1. The van der Waals surface area contributed by atoms with Crippen LogP contribution in [-0.4, -0.2) is 37.8 Å². The van der Waals surface area contributed by atoms with E-state index in [1.165, 1.54) is 17.8 Å². The zero-order valence-electron chi connectivity index (χ0n) is 14.2. The van der Waals surface area contributed by atoms with Gasteiger partial charge in [0, 0.05) is 29.8 Å². The minimum absolute atomic E-state index is 0.0727. The Balaban J connectivity index is 1.65. The van der Waals surface area contributed by atoms with Gasteiger partial charge in [0.25, 0.3) is 0 Å². The van der Waals surface area contributed by atoms with E-state index in [0.717, 1.165) is 37.1 Å². The smallest absolute Gasteiger partial charge is 0.157 e. The van der Waals surface area contributed by atoms with Crippen LogP contribution >= 0.6 is 24.4 Å². The number of carbonyl (C=O) groups excluding carboxylic acids is 1. The second kappa shape index (κ2) is 7.58. The molecule has 0 N–H and O–H groups in total. The van der Waals surface area contributed by atoms with Gasteiger partial charge in [-0.3, -0.25) is 9.69 Å². The molecule has 2 unspecified atom stereocenters. The van der Waals surface area contributed by atoms with Crippen molar-refractivity contribution in [2.75, 3.05) is 13.1 Å². The molecule has 1 saturated carbocycles. The van der Waals surface area contributed by atoms with Crippen molar-refractivity contribution in [3.05, 3.63) is 53.1 Å². The highest BCUT2D eigenvalue weighted by Crippen LogP contribution is 2.39. The summed E-state index contributed by atoms with van der Waals surface area (Å²) in [5.74, 6) is -0.0976. The number of rotatable bonds is 5. The molecule has 7 heteroatoms. The number of nitrogens with zero attached hydrogens (tertiary/aromatic N) is 3. The molecule has 1 aromatic heterocycles. The average molecular weight is 390 g/mol. The lowest BCUT2D eigenvalue weighted by Crippen LogP contribution is -2.42. The molecular formula is C19H20FN3OS2. The summed E-state index contributed by atoms with van der Waals surface area (Å²) in [6.45, 7) is 1.31. The van der Waals surface area contributed by atoms with E-state index in [-0.39, 0.29) is 22.8 Å². The SMILES string of the molecule is O=C(C1CC1)C(c1ccccc1F)N1CCC(S)C(=Cc2cnsn2)C1. The summed E-state index contributed by atoms with van der Waals surface area (Å²) in [7, 11) is 0. The van der Waals surface area contributed by atoms with Gasteiger partial charge in [-0.05, 0) is 37.0 Å². The molecule has 1 aromatic carbocycles. The van der Waals surface area contributed by atoms with E-state index in [0.29, 0.717) is 12.1 Å². The molecule has 4 rings (SSSR count). The zero-order chi connectivity index (χ0) is 18.1. The maximum atomic E-state index is 14.5. The van der Waals surface area contributed by atoms with Crippen LogP contribution in [0.15, 0.2) is 36.0 Å².